The van der Waals surface area contributed by atoms with Crippen LogP contribution in [0.3, 0.4) is 0 Å². The van der Waals surface area contributed by atoms with Crippen LogP contribution >= 0.6 is 0 Å². The van der Waals surface area contributed by atoms with Crippen molar-refractivity contribution < 1.29 is 83.3 Å². The van der Waals surface area contributed by atoms with Crippen molar-refractivity contribution in [3.05, 3.63) is 108 Å². The molecule has 0 spiro atoms. The van der Waals surface area contributed by atoms with Gasteiger partial charge in [0.15, 0.2) is 18.1 Å². The van der Waals surface area contributed by atoms with Gasteiger partial charge in [0.05, 0.1) is 13.2 Å². The summed E-state index contributed by atoms with van der Waals surface area (Å²) < 4.78 is 76.5. The van der Waals surface area contributed by atoms with Gasteiger partial charge in [0, 0.05) is 0 Å². The van der Waals surface area contributed by atoms with Crippen LogP contribution in [-0.2, 0) is 92.6 Å². The second kappa shape index (κ2) is 25.3. The fourth-order valence-electron chi connectivity index (χ4n) is 5.24. The molecule has 2 aliphatic rings. The van der Waals surface area contributed by atoms with Gasteiger partial charge in [-0.3, -0.25) is 8.37 Å². The lowest BCUT2D eigenvalue weighted by Gasteiger charge is -2.25. The normalized spacial score (nSPS) is 17.9. The molecule has 0 radical (unpaired) electrons. The smallest absolute Gasteiger partial charge is 0.426 e. The number of nitrogens with one attached hydrogen (secondary N) is 1. The van der Waals surface area contributed by atoms with Crippen LogP contribution in [0.1, 0.15) is 79.0 Å². The van der Waals surface area contributed by atoms with Crippen molar-refractivity contribution in [1.82, 2.24) is 13.9 Å². The van der Waals surface area contributed by atoms with Crippen molar-refractivity contribution in [2.24, 2.45) is 0 Å². The summed E-state index contributed by atoms with van der Waals surface area (Å²) in [5, 5.41) is 11.4. The lowest BCUT2D eigenvalue weighted by atomic mass is 10.2. The van der Waals surface area contributed by atoms with Crippen molar-refractivity contribution >= 4 is 57.8 Å². The van der Waals surface area contributed by atoms with Crippen LogP contribution in [0.15, 0.2) is 91.0 Å². The number of hydrogen-bond donors (Lipinski definition) is 2. The Bertz CT molecular complexity index is 2280. The van der Waals surface area contributed by atoms with Crippen LogP contribution in [0, 0.1) is 0 Å². The number of ether oxygens (including phenoxy) is 6. The van der Waals surface area contributed by atoms with Gasteiger partial charge in [-0.1, -0.05) is 91.0 Å². The van der Waals surface area contributed by atoms with Crippen LogP contribution in [0.25, 0.3) is 0 Å². The topological polar surface area (TPSA) is 266 Å². The van der Waals surface area contributed by atoms with Gasteiger partial charge in [-0.25, -0.2) is 33.0 Å². The summed E-state index contributed by atoms with van der Waals surface area (Å²) in [7, 11) is -4.38. The zero-order chi connectivity index (χ0) is 50.9. The number of carbonyl (C=O) groups is 6. The Morgan fingerprint density at radius 2 is 1.06 bits per heavy atom. The maximum absolute atomic E-state index is 12.2. The molecule has 2 heterocycles. The molecule has 3 aromatic carbocycles. The highest BCUT2D eigenvalue weighted by Gasteiger charge is 2.49. The van der Waals surface area contributed by atoms with E-state index in [0.717, 1.165) is 21.0 Å². The Labute approximate surface area is 398 Å². The van der Waals surface area contributed by atoms with Gasteiger partial charge in [0.2, 0.25) is 0 Å². The fourth-order valence-corrected chi connectivity index (χ4v) is 7.20. The largest absolute Gasteiger partial charge is 0.459 e. The predicted molar refractivity (Wildman–Crippen MR) is 242 cm³/mol. The van der Waals surface area contributed by atoms with E-state index < -0.39 is 106 Å². The third-order valence-electron chi connectivity index (χ3n) is 8.19. The predicted octanol–water partition coefficient (Wildman–Crippen LogP) is 5.17. The second-order valence-electron chi connectivity index (χ2n) is 17.5. The maximum atomic E-state index is 12.2. The van der Waals surface area contributed by atoms with Crippen molar-refractivity contribution in [3.63, 3.8) is 0 Å². The number of carbonyl (C=O) groups excluding carboxylic acids is 6. The van der Waals surface area contributed by atoms with Crippen molar-refractivity contribution in [2.45, 2.75) is 117 Å². The molecule has 2 N–H and O–H groups in total. The van der Waals surface area contributed by atoms with Gasteiger partial charge < -0.3 is 38.8 Å². The molecule has 4 atom stereocenters. The molecule has 3 amide bonds. The standard InChI is InChI=1S/C15H19NO7S.C15H19NO6S.C15H21NO5/c1-15(2,3)23-14(18)16-12(10-22-24(16,19)20)13(17)21-9-11-7-5-4-6-8-11;1-15(2,3)22-14(18)16-12(10-21-23(16)19)13(17)20-9-11-7-5-4-6-8-11;1-15(2,3)21-14(19)16-12(9-17)13(18)20-10-11-7-5-4-6-8-11/h4-8,12H,9-10H2,1-3H3;4-8,12H,9-10H2,1-3H3;4-8,12,17H,9-10H2,1-3H3,(H,16,19)/t12-;12-,23?;12-/m000/s1. The number of esters is 3. The molecule has 2 aliphatic heterocycles. The first-order valence-electron chi connectivity index (χ1n) is 20.9. The fraction of sp³-hybridized carbons (Fsp3) is 0.467. The van der Waals surface area contributed by atoms with Gasteiger partial charge in [-0.15, -0.1) is 0 Å². The molecule has 0 saturated carbocycles. The van der Waals surface area contributed by atoms with E-state index in [1.165, 1.54) is 0 Å². The summed E-state index contributed by atoms with van der Waals surface area (Å²) in [6.45, 7) is 13.7. The quantitative estimate of drug-likeness (QED) is 0.185. The number of alkyl carbamates (subject to hydrolysis) is 1. The average molecular weight is 994 g/mol. The highest BCUT2D eigenvalue weighted by molar-refractivity contribution is 7.85. The second-order valence-corrected chi connectivity index (χ2v) is 20.1. The van der Waals surface area contributed by atoms with Gasteiger partial charge in [0.1, 0.15) is 43.2 Å². The number of amides is 3. The molecule has 0 aromatic heterocycles. The molecule has 21 nitrogen and oxygen atoms in total. The zero-order valence-electron chi connectivity index (χ0n) is 39.2. The summed E-state index contributed by atoms with van der Waals surface area (Å²) in [5.41, 5.74) is -0.0189. The summed E-state index contributed by atoms with van der Waals surface area (Å²) in [6.07, 6.45) is -2.84. The van der Waals surface area contributed by atoms with Gasteiger partial charge in [0.25, 0.3) is 11.3 Å². The third kappa shape index (κ3) is 19.6. The van der Waals surface area contributed by atoms with E-state index in [2.05, 4.69) is 9.50 Å². The molecule has 0 aliphatic carbocycles. The van der Waals surface area contributed by atoms with Gasteiger partial charge >= 0.3 is 46.5 Å². The number of aliphatic hydroxyl groups is 1. The van der Waals surface area contributed by atoms with Crippen LogP contribution in [0.2, 0.25) is 0 Å². The lowest BCUT2D eigenvalue weighted by molar-refractivity contribution is -0.150. The number of rotatable bonds is 11. The minimum absolute atomic E-state index is 0.0433. The van der Waals surface area contributed by atoms with E-state index in [0.29, 0.717) is 0 Å². The molecule has 23 heteroatoms. The number of hydrogen-bond acceptors (Lipinski definition) is 18. The van der Waals surface area contributed by atoms with Gasteiger partial charge in [-0.05, 0) is 79.0 Å². The zero-order valence-corrected chi connectivity index (χ0v) is 40.9. The van der Waals surface area contributed by atoms with Crippen LogP contribution in [-0.4, -0.2) is 117 Å². The number of benzene rings is 3. The van der Waals surface area contributed by atoms with E-state index in [-0.39, 0.29) is 30.7 Å². The Morgan fingerprint density at radius 1 is 0.647 bits per heavy atom. The molecular weight excluding hydrogens is 935 g/mol. The summed E-state index contributed by atoms with van der Waals surface area (Å²) in [4.78, 5) is 71.9. The minimum Gasteiger partial charge on any atom is -0.459 e. The summed E-state index contributed by atoms with van der Waals surface area (Å²) >= 11 is -2.07. The van der Waals surface area contributed by atoms with Crippen molar-refractivity contribution in [1.29, 1.82) is 0 Å². The first kappa shape index (κ1) is 56.2. The van der Waals surface area contributed by atoms with Crippen LogP contribution < -0.4 is 5.32 Å². The molecule has 3 aromatic rings. The summed E-state index contributed by atoms with van der Waals surface area (Å²) in [6, 6.07) is 23.5. The SMILES string of the molecule is CC(C)(C)OC(=O)N1[C@H](C(=O)OCc2ccccc2)COS1(=O)=O.CC(C)(C)OC(=O)N1[C@H](C(=O)OCc2ccccc2)COS1=O.CC(C)(C)OC(=O)N[C@@H](CO)C(=O)OCc1ccccc1. The van der Waals surface area contributed by atoms with Crippen molar-refractivity contribution in [2.75, 3.05) is 19.8 Å². The Kier molecular flexibility index (Phi) is 20.9. The molecule has 68 heavy (non-hydrogen) atoms. The monoisotopic (exact) mass is 993 g/mol. The highest BCUT2D eigenvalue weighted by Crippen LogP contribution is 2.24. The Morgan fingerprint density at radius 3 is 1.49 bits per heavy atom. The first-order valence-corrected chi connectivity index (χ1v) is 23.3. The van der Waals surface area contributed by atoms with E-state index in [9.17, 15) is 41.4 Å². The molecule has 2 saturated heterocycles. The minimum atomic E-state index is -4.38. The maximum Gasteiger partial charge on any atom is 0.426 e. The highest BCUT2D eigenvalue weighted by atomic mass is 32.2. The van der Waals surface area contributed by atoms with Gasteiger partial charge in [-0.2, -0.15) is 17.0 Å². The lowest BCUT2D eigenvalue weighted by Crippen LogP contribution is -2.46. The Hall–Kier alpha value is -6.14. The number of nitrogens with zero attached hydrogens (tertiary/aromatic N) is 2. The molecule has 2 fully saturated rings. The van der Waals surface area contributed by atoms with E-state index >= 15 is 0 Å². The molecule has 374 valence electrons. The summed E-state index contributed by atoms with van der Waals surface area (Å²) in [5.74, 6) is -2.29. The molecule has 0 bridgehead atoms. The van der Waals surface area contributed by atoms with E-state index in [1.807, 2.05) is 66.7 Å². The first-order chi connectivity index (χ1) is 31.7. The number of aliphatic hydroxyl groups excluding tert-OH is 1. The van der Waals surface area contributed by atoms with E-state index in [1.54, 1.807) is 86.6 Å². The third-order valence-corrected chi connectivity index (χ3v) is 10.6. The average Bonchev–Trinajstić information content (AvgIpc) is 3.81. The van der Waals surface area contributed by atoms with Crippen molar-refractivity contribution in [3.8, 4) is 0 Å². The Balaban J connectivity index is 0.000000271. The van der Waals surface area contributed by atoms with E-state index in [4.69, 9.17) is 37.7 Å². The molecule has 5 rings (SSSR count). The van der Waals surface area contributed by atoms with Crippen LogP contribution in [0.5, 0.6) is 0 Å². The molecule has 1 unspecified atom stereocenters. The van der Waals surface area contributed by atoms with Crippen LogP contribution in [0.4, 0.5) is 14.4 Å². The molecular formula is C45H59N3O18S2.